The van der Waals surface area contributed by atoms with Crippen LogP contribution in [0.1, 0.15) is 27.6 Å². The number of benzene rings is 2. The molecule has 0 aliphatic heterocycles. The second kappa shape index (κ2) is 5.85. The lowest BCUT2D eigenvalue weighted by Crippen LogP contribution is -1.98. The fraction of sp³-hybridized carbons (Fsp3) is 0.250. The van der Waals surface area contributed by atoms with E-state index < -0.39 is 0 Å². The number of hydrogen-bond donors (Lipinski definition) is 0. The molecule has 19 heavy (non-hydrogen) atoms. The fourth-order valence-electron chi connectivity index (χ4n) is 2.24. The Morgan fingerprint density at radius 2 is 1.63 bits per heavy atom. The molecule has 0 N–H and O–H groups in total. The van der Waals surface area contributed by atoms with Crippen molar-refractivity contribution < 1.29 is 4.74 Å². The lowest BCUT2D eigenvalue weighted by Gasteiger charge is -2.16. The molecule has 2 aromatic rings. The van der Waals surface area contributed by atoms with Crippen molar-refractivity contribution in [3.05, 3.63) is 63.7 Å². The van der Waals surface area contributed by atoms with Crippen molar-refractivity contribution in [2.24, 2.45) is 0 Å². The molecule has 0 saturated heterocycles. The van der Waals surface area contributed by atoms with E-state index in [1.807, 2.05) is 12.1 Å². The van der Waals surface area contributed by atoms with Crippen molar-refractivity contribution in [2.45, 2.75) is 19.2 Å². The summed E-state index contributed by atoms with van der Waals surface area (Å²) >= 11 is 12.6. The van der Waals surface area contributed by atoms with Crippen LogP contribution in [-0.2, 0) is 0 Å². The average Bonchev–Trinajstić information content (AvgIpc) is 2.36. The van der Waals surface area contributed by atoms with Crippen molar-refractivity contribution in [3.63, 3.8) is 0 Å². The van der Waals surface area contributed by atoms with Gasteiger partial charge in [0, 0.05) is 10.6 Å². The maximum Gasteiger partial charge on any atom is 0.123 e. The highest BCUT2D eigenvalue weighted by atomic mass is 35.5. The van der Waals surface area contributed by atoms with Gasteiger partial charge in [0.15, 0.2) is 0 Å². The highest BCUT2D eigenvalue weighted by Gasteiger charge is 2.16. The highest BCUT2D eigenvalue weighted by molar-refractivity contribution is 6.31. The summed E-state index contributed by atoms with van der Waals surface area (Å²) in [4.78, 5) is 0. The van der Waals surface area contributed by atoms with Gasteiger partial charge in [-0.25, -0.2) is 0 Å². The van der Waals surface area contributed by atoms with Crippen LogP contribution in [0.3, 0.4) is 0 Å². The van der Waals surface area contributed by atoms with Crippen molar-refractivity contribution in [3.8, 4) is 5.75 Å². The highest BCUT2D eigenvalue weighted by Crippen LogP contribution is 2.37. The van der Waals surface area contributed by atoms with E-state index in [9.17, 15) is 0 Å². The molecule has 0 spiro atoms. The number of halogens is 2. The molecule has 0 amide bonds. The maximum absolute atomic E-state index is 6.59. The monoisotopic (exact) mass is 294 g/mol. The van der Waals surface area contributed by atoms with Crippen molar-refractivity contribution >= 4 is 23.2 Å². The van der Waals surface area contributed by atoms with E-state index in [1.165, 1.54) is 11.1 Å². The standard InChI is InChI=1S/C16H16Cl2O/c1-10-6-11(2)8-12(7-10)16(18)14-9-13(17)4-5-15(14)19-3/h4-9,16H,1-3H3. The number of ether oxygens (including phenoxy) is 1. The Labute approximate surface area is 124 Å². The third-order valence-corrected chi connectivity index (χ3v) is 3.72. The Morgan fingerprint density at radius 3 is 2.21 bits per heavy atom. The molecular weight excluding hydrogens is 279 g/mol. The lowest BCUT2D eigenvalue weighted by molar-refractivity contribution is 0.410. The maximum atomic E-state index is 6.59. The van der Waals surface area contributed by atoms with E-state index in [0.717, 1.165) is 16.9 Å². The molecule has 1 atom stereocenters. The van der Waals surface area contributed by atoms with Crippen LogP contribution in [0.25, 0.3) is 0 Å². The summed E-state index contributed by atoms with van der Waals surface area (Å²) in [5.41, 5.74) is 4.34. The first-order valence-corrected chi connectivity index (χ1v) is 6.88. The van der Waals surface area contributed by atoms with Crippen molar-refractivity contribution in [2.75, 3.05) is 7.11 Å². The molecule has 0 aromatic heterocycles. The quantitative estimate of drug-likeness (QED) is 0.699. The number of alkyl halides is 1. The van der Waals surface area contributed by atoms with E-state index in [-0.39, 0.29) is 5.38 Å². The van der Waals surface area contributed by atoms with Gasteiger partial charge in [-0.05, 0) is 37.6 Å². The Hall–Kier alpha value is -1.18. The zero-order valence-corrected chi connectivity index (χ0v) is 12.7. The molecule has 0 aliphatic carbocycles. The molecule has 100 valence electrons. The molecule has 1 nitrogen and oxygen atoms in total. The predicted octanol–water partition coefficient (Wildman–Crippen LogP) is 5.29. The Kier molecular flexibility index (Phi) is 4.38. The second-order valence-electron chi connectivity index (χ2n) is 4.67. The summed E-state index contributed by atoms with van der Waals surface area (Å²) in [6, 6.07) is 11.8. The zero-order valence-electron chi connectivity index (χ0n) is 11.2. The van der Waals surface area contributed by atoms with Crippen LogP contribution >= 0.6 is 23.2 Å². The number of hydrogen-bond acceptors (Lipinski definition) is 1. The number of methoxy groups -OCH3 is 1. The van der Waals surface area contributed by atoms with Gasteiger partial charge >= 0.3 is 0 Å². The summed E-state index contributed by atoms with van der Waals surface area (Å²) in [6.07, 6.45) is 0. The molecule has 0 radical (unpaired) electrons. The van der Waals surface area contributed by atoms with Gasteiger partial charge in [-0.1, -0.05) is 40.9 Å². The molecule has 0 heterocycles. The van der Waals surface area contributed by atoms with Gasteiger partial charge < -0.3 is 4.74 Å². The van der Waals surface area contributed by atoms with E-state index in [4.69, 9.17) is 27.9 Å². The van der Waals surface area contributed by atoms with Crippen LogP contribution < -0.4 is 4.74 Å². The third-order valence-electron chi connectivity index (χ3n) is 3.00. The molecular formula is C16H16Cl2O. The predicted molar refractivity (Wildman–Crippen MR) is 81.6 cm³/mol. The van der Waals surface area contributed by atoms with Crippen LogP contribution in [-0.4, -0.2) is 7.11 Å². The number of aryl methyl sites for hydroxylation is 2. The fourth-order valence-corrected chi connectivity index (χ4v) is 2.72. The smallest absolute Gasteiger partial charge is 0.123 e. The summed E-state index contributed by atoms with van der Waals surface area (Å²) in [7, 11) is 1.64. The van der Waals surface area contributed by atoms with Gasteiger partial charge in [-0.2, -0.15) is 0 Å². The first-order valence-electron chi connectivity index (χ1n) is 6.07. The summed E-state index contributed by atoms with van der Waals surface area (Å²) < 4.78 is 5.36. The van der Waals surface area contributed by atoms with Gasteiger partial charge in [0.05, 0.1) is 12.5 Å². The van der Waals surface area contributed by atoms with Crippen LogP contribution in [0.15, 0.2) is 36.4 Å². The van der Waals surface area contributed by atoms with Gasteiger partial charge in [-0.3, -0.25) is 0 Å². The Morgan fingerprint density at radius 1 is 1.00 bits per heavy atom. The minimum absolute atomic E-state index is 0.271. The van der Waals surface area contributed by atoms with Crippen molar-refractivity contribution in [1.29, 1.82) is 0 Å². The van der Waals surface area contributed by atoms with Crippen LogP contribution in [0, 0.1) is 13.8 Å². The molecule has 0 aliphatic rings. The lowest BCUT2D eigenvalue weighted by atomic mass is 9.99. The third kappa shape index (κ3) is 3.23. The minimum atomic E-state index is -0.271. The molecule has 0 saturated carbocycles. The molecule has 2 rings (SSSR count). The minimum Gasteiger partial charge on any atom is -0.496 e. The first kappa shape index (κ1) is 14.2. The second-order valence-corrected chi connectivity index (χ2v) is 5.54. The van der Waals surface area contributed by atoms with Gasteiger partial charge in [0.2, 0.25) is 0 Å². The summed E-state index contributed by atoms with van der Waals surface area (Å²) in [5.74, 6) is 0.753. The van der Waals surface area contributed by atoms with Gasteiger partial charge in [0.25, 0.3) is 0 Å². The van der Waals surface area contributed by atoms with E-state index in [2.05, 4.69) is 32.0 Å². The first-order chi connectivity index (χ1) is 9.01. The summed E-state index contributed by atoms with van der Waals surface area (Å²) in [6.45, 7) is 4.13. The van der Waals surface area contributed by atoms with Crippen LogP contribution in [0.5, 0.6) is 5.75 Å². The Bertz CT molecular complexity index is 573. The average molecular weight is 295 g/mol. The van der Waals surface area contributed by atoms with Gasteiger partial charge in [-0.15, -0.1) is 11.6 Å². The van der Waals surface area contributed by atoms with Gasteiger partial charge in [0.1, 0.15) is 5.75 Å². The largest absolute Gasteiger partial charge is 0.496 e. The zero-order chi connectivity index (χ0) is 14.0. The normalized spacial score (nSPS) is 12.3. The van der Waals surface area contributed by atoms with E-state index >= 15 is 0 Å². The molecule has 2 aromatic carbocycles. The SMILES string of the molecule is COc1ccc(Cl)cc1C(Cl)c1cc(C)cc(C)c1. The summed E-state index contributed by atoms with van der Waals surface area (Å²) in [5, 5.41) is 0.387. The van der Waals surface area contributed by atoms with Crippen LogP contribution in [0.4, 0.5) is 0 Å². The molecule has 1 unspecified atom stereocenters. The van der Waals surface area contributed by atoms with Crippen LogP contribution in [0.2, 0.25) is 5.02 Å². The van der Waals surface area contributed by atoms with E-state index in [0.29, 0.717) is 5.02 Å². The molecule has 3 heteroatoms. The molecule has 0 fully saturated rings. The Balaban J connectivity index is 2.48. The van der Waals surface area contributed by atoms with Crippen molar-refractivity contribution in [1.82, 2.24) is 0 Å². The van der Waals surface area contributed by atoms with E-state index in [1.54, 1.807) is 13.2 Å². The number of rotatable bonds is 3. The topological polar surface area (TPSA) is 9.23 Å². The molecule has 0 bridgehead atoms.